The Kier molecular flexibility index (Phi) is 4.57. The van der Waals surface area contributed by atoms with Crippen LogP contribution >= 0.6 is 11.6 Å². The summed E-state index contributed by atoms with van der Waals surface area (Å²) < 4.78 is 4.58. The van der Waals surface area contributed by atoms with Crippen molar-refractivity contribution < 1.29 is 19.1 Å². The molecule has 88 valence electrons. The van der Waals surface area contributed by atoms with Gasteiger partial charge in [0.1, 0.15) is 0 Å². The van der Waals surface area contributed by atoms with E-state index < -0.39 is 17.5 Å². The lowest BCUT2D eigenvalue weighted by molar-refractivity contribution is -0.139. The molecule has 0 radical (unpaired) electrons. The first kappa shape index (κ1) is 13.1. The number of hydrogen-bond donors (Lipinski definition) is 0. The number of benzene rings is 1. The molecule has 0 aliphatic carbocycles. The third kappa shape index (κ3) is 3.00. The summed E-state index contributed by atoms with van der Waals surface area (Å²) in [6.07, 6.45) is 0. The van der Waals surface area contributed by atoms with Gasteiger partial charge in [0.2, 0.25) is 0 Å². The van der Waals surface area contributed by atoms with E-state index in [0.29, 0.717) is 0 Å². The summed E-state index contributed by atoms with van der Waals surface area (Å²) in [4.78, 5) is 25.8. The predicted octanol–water partition coefficient (Wildman–Crippen LogP) is 1.76. The number of hydrogen-bond acceptors (Lipinski definition) is 3. The van der Waals surface area contributed by atoms with Crippen LogP contribution in [-0.2, 0) is 9.53 Å². The average Bonchev–Trinajstić information content (AvgIpc) is 2.30. The van der Waals surface area contributed by atoms with Crippen LogP contribution in [0.5, 0.6) is 0 Å². The zero-order valence-corrected chi connectivity index (χ0v) is 9.77. The van der Waals surface area contributed by atoms with Gasteiger partial charge in [-0.25, -0.2) is 4.79 Å². The molecule has 0 unspecified atom stereocenters. The van der Waals surface area contributed by atoms with Crippen LogP contribution in [0.15, 0.2) is 24.3 Å². The maximum atomic E-state index is 11.8. The molecule has 1 aromatic rings. The Bertz CT molecular complexity index is 507. The van der Waals surface area contributed by atoms with Crippen molar-refractivity contribution in [1.82, 2.24) is 0 Å². The minimum absolute atomic E-state index is 0.0770. The van der Waals surface area contributed by atoms with Crippen LogP contribution in [0.25, 0.3) is 5.53 Å². The number of carbonyl (C=O) groups excluding carboxylic acids is 2. The van der Waals surface area contributed by atoms with E-state index in [4.69, 9.17) is 17.1 Å². The predicted molar refractivity (Wildman–Crippen MR) is 61.0 cm³/mol. The third-order valence-electron chi connectivity index (χ3n) is 1.90. The first-order valence-electron chi connectivity index (χ1n) is 4.80. The molecule has 1 rings (SSSR count). The van der Waals surface area contributed by atoms with Gasteiger partial charge in [0, 0.05) is 5.56 Å². The SMILES string of the molecule is CCOC(=O)C(=[N+]=[N-])C(=O)c1ccccc1Cl. The molecule has 17 heavy (non-hydrogen) atoms. The van der Waals surface area contributed by atoms with Crippen molar-refractivity contribution in [2.45, 2.75) is 6.92 Å². The van der Waals surface area contributed by atoms with Crippen molar-refractivity contribution in [1.29, 1.82) is 0 Å². The van der Waals surface area contributed by atoms with Crippen LogP contribution < -0.4 is 0 Å². The van der Waals surface area contributed by atoms with E-state index in [1.165, 1.54) is 12.1 Å². The Morgan fingerprint density at radius 3 is 2.59 bits per heavy atom. The first-order valence-corrected chi connectivity index (χ1v) is 5.18. The van der Waals surface area contributed by atoms with Gasteiger partial charge in [0.15, 0.2) is 0 Å². The summed E-state index contributed by atoms with van der Waals surface area (Å²) in [5.74, 6) is -1.77. The average molecular weight is 253 g/mol. The molecule has 0 aliphatic heterocycles. The van der Waals surface area contributed by atoms with Crippen LogP contribution in [0.2, 0.25) is 5.02 Å². The lowest BCUT2D eigenvalue weighted by Crippen LogP contribution is -2.27. The number of rotatable bonds is 4. The number of carbonyl (C=O) groups is 2. The fourth-order valence-corrected chi connectivity index (χ4v) is 1.37. The van der Waals surface area contributed by atoms with E-state index in [1.807, 2.05) is 0 Å². The summed E-state index contributed by atoms with van der Waals surface area (Å²) in [6, 6.07) is 6.14. The van der Waals surface area contributed by atoms with Crippen LogP contribution in [-0.4, -0.2) is 28.9 Å². The molecule has 0 saturated carbocycles. The topological polar surface area (TPSA) is 79.8 Å². The molecule has 6 heteroatoms. The molecule has 0 N–H and O–H groups in total. The first-order chi connectivity index (χ1) is 8.11. The molecule has 0 fully saturated rings. The molecule has 1 aromatic carbocycles. The maximum absolute atomic E-state index is 11.8. The van der Waals surface area contributed by atoms with Crippen molar-refractivity contribution in [2.24, 2.45) is 0 Å². The number of halogens is 1. The normalized spacial score (nSPS) is 9.29. The summed E-state index contributed by atoms with van der Waals surface area (Å²) in [7, 11) is 0. The zero-order valence-electron chi connectivity index (χ0n) is 9.01. The van der Waals surface area contributed by atoms with Gasteiger partial charge in [0.05, 0.1) is 11.6 Å². The minimum atomic E-state index is -0.986. The van der Waals surface area contributed by atoms with Crippen molar-refractivity contribution in [3.63, 3.8) is 0 Å². The van der Waals surface area contributed by atoms with Crippen LogP contribution in [0.3, 0.4) is 0 Å². The minimum Gasteiger partial charge on any atom is -0.457 e. The number of nitrogens with zero attached hydrogens (tertiary/aromatic N) is 2. The molecule has 0 amide bonds. The second-order valence-corrected chi connectivity index (χ2v) is 3.39. The van der Waals surface area contributed by atoms with E-state index in [1.54, 1.807) is 19.1 Å². The summed E-state index contributed by atoms with van der Waals surface area (Å²) in [5.41, 5.74) is 8.05. The lowest BCUT2D eigenvalue weighted by Gasteiger charge is -1.99. The zero-order chi connectivity index (χ0) is 12.8. The highest BCUT2D eigenvalue weighted by atomic mass is 35.5. The lowest BCUT2D eigenvalue weighted by atomic mass is 10.1. The van der Waals surface area contributed by atoms with E-state index >= 15 is 0 Å². The van der Waals surface area contributed by atoms with Gasteiger partial charge >= 0.3 is 11.7 Å². The van der Waals surface area contributed by atoms with Crippen molar-refractivity contribution in [2.75, 3.05) is 6.61 Å². The molecule has 0 heterocycles. The summed E-state index contributed by atoms with van der Waals surface area (Å²) >= 11 is 5.79. The van der Waals surface area contributed by atoms with E-state index in [0.717, 1.165) is 0 Å². The number of ketones is 1. The Morgan fingerprint density at radius 2 is 2.06 bits per heavy atom. The highest BCUT2D eigenvalue weighted by Gasteiger charge is 2.33. The van der Waals surface area contributed by atoms with Gasteiger partial charge in [-0.1, -0.05) is 23.7 Å². The summed E-state index contributed by atoms with van der Waals surface area (Å²) in [6.45, 7) is 1.65. The second kappa shape index (κ2) is 5.94. The molecule has 0 aromatic heterocycles. The molecular formula is C11H9ClN2O3. The standard InChI is InChI=1S/C11H9ClN2O3/c1-2-17-11(16)9(14-13)10(15)7-5-3-4-6-8(7)12/h3-6H,2H2,1H3. The van der Waals surface area contributed by atoms with Gasteiger partial charge in [-0.3, -0.25) is 4.79 Å². The Morgan fingerprint density at radius 1 is 1.41 bits per heavy atom. The molecular weight excluding hydrogens is 244 g/mol. The Hall–Kier alpha value is -1.97. The molecule has 0 saturated heterocycles. The second-order valence-electron chi connectivity index (χ2n) is 2.98. The monoisotopic (exact) mass is 252 g/mol. The van der Waals surface area contributed by atoms with E-state index in [2.05, 4.69) is 9.53 Å². The van der Waals surface area contributed by atoms with Gasteiger partial charge in [-0.15, -0.1) is 0 Å². The highest BCUT2D eigenvalue weighted by molar-refractivity contribution is 6.66. The van der Waals surface area contributed by atoms with E-state index in [-0.39, 0.29) is 17.2 Å². The van der Waals surface area contributed by atoms with Gasteiger partial charge in [-0.05, 0) is 19.1 Å². The Labute approximate surface area is 103 Å². The van der Waals surface area contributed by atoms with Crippen molar-refractivity contribution >= 4 is 29.1 Å². The number of esters is 1. The van der Waals surface area contributed by atoms with Gasteiger partial charge in [0.25, 0.3) is 5.78 Å². The largest absolute Gasteiger partial charge is 0.457 e. The summed E-state index contributed by atoms with van der Waals surface area (Å²) in [5, 5.41) is 0.169. The fraction of sp³-hybridized carbons (Fsp3) is 0.182. The quantitative estimate of drug-likeness (QED) is 0.204. The molecule has 0 spiro atoms. The molecule has 0 aliphatic rings. The number of Topliss-reactive ketones (excluding diaryl/α,β-unsaturated/α-hetero) is 1. The number of ether oxygens (including phenoxy) is 1. The smallest absolute Gasteiger partial charge is 0.446 e. The molecule has 5 nitrogen and oxygen atoms in total. The highest BCUT2D eigenvalue weighted by Crippen LogP contribution is 2.15. The van der Waals surface area contributed by atoms with Crippen molar-refractivity contribution in [3.05, 3.63) is 40.4 Å². The van der Waals surface area contributed by atoms with Crippen LogP contribution in [0, 0.1) is 0 Å². The fourth-order valence-electron chi connectivity index (χ4n) is 1.15. The van der Waals surface area contributed by atoms with Gasteiger partial charge in [-0.2, -0.15) is 4.79 Å². The van der Waals surface area contributed by atoms with Crippen LogP contribution in [0.4, 0.5) is 0 Å². The maximum Gasteiger partial charge on any atom is 0.446 e. The van der Waals surface area contributed by atoms with Crippen molar-refractivity contribution in [3.8, 4) is 0 Å². The Balaban J connectivity index is 3.08. The molecule has 0 atom stereocenters. The van der Waals surface area contributed by atoms with Crippen LogP contribution in [0.1, 0.15) is 17.3 Å². The van der Waals surface area contributed by atoms with E-state index in [9.17, 15) is 9.59 Å². The van der Waals surface area contributed by atoms with Gasteiger partial charge < -0.3 is 10.3 Å². The third-order valence-corrected chi connectivity index (χ3v) is 2.23. The molecule has 0 bridgehead atoms.